The Morgan fingerprint density at radius 1 is 1.45 bits per heavy atom. The lowest BCUT2D eigenvalue weighted by Crippen LogP contribution is -2.46. The van der Waals surface area contributed by atoms with E-state index in [-0.39, 0.29) is 0 Å². The van der Waals surface area contributed by atoms with E-state index in [4.69, 9.17) is 16.7 Å². The van der Waals surface area contributed by atoms with E-state index >= 15 is 0 Å². The second kappa shape index (κ2) is 5.60. The molecule has 0 fully saturated rings. The Labute approximate surface area is 118 Å². The van der Waals surface area contributed by atoms with E-state index in [1.807, 2.05) is 0 Å². The number of hydrogen-bond donors (Lipinski definition) is 3. The van der Waals surface area contributed by atoms with Crippen molar-refractivity contribution < 1.29 is 32.2 Å². The highest BCUT2D eigenvalue weighted by Gasteiger charge is 2.33. The maximum absolute atomic E-state index is 13.5. The Bertz CT molecular complexity index is 647. The zero-order chi connectivity index (χ0) is 15.7. The van der Waals surface area contributed by atoms with Gasteiger partial charge < -0.3 is 10.2 Å². The van der Waals surface area contributed by atoms with Gasteiger partial charge >= 0.3 is 5.97 Å². The molecule has 1 aromatic rings. The number of aliphatic carboxylic acids is 1. The van der Waals surface area contributed by atoms with E-state index in [0.717, 1.165) is 13.0 Å². The molecule has 0 aliphatic heterocycles. The summed E-state index contributed by atoms with van der Waals surface area (Å²) in [6.07, 6.45) is 0. The molecule has 0 radical (unpaired) electrons. The Morgan fingerprint density at radius 3 is 2.50 bits per heavy atom. The van der Waals surface area contributed by atoms with Gasteiger partial charge in [-0.05, 0) is 19.1 Å². The van der Waals surface area contributed by atoms with Gasteiger partial charge in [0.1, 0.15) is 4.90 Å². The highest BCUT2D eigenvalue weighted by Crippen LogP contribution is 2.26. The highest BCUT2D eigenvalue weighted by molar-refractivity contribution is 7.89. The Hall–Kier alpha value is -1.29. The molecule has 0 aliphatic carbocycles. The molecule has 20 heavy (non-hydrogen) atoms. The number of aliphatic hydroxyl groups is 1. The van der Waals surface area contributed by atoms with Gasteiger partial charge in [-0.2, -0.15) is 0 Å². The molecule has 3 N–H and O–H groups in total. The average molecular weight is 330 g/mol. The first-order chi connectivity index (χ1) is 8.99. The number of sulfonamides is 1. The fourth-order valence-corrected chi connectivity index (χ4v) is 2.86. The minimum atomic E-state index is -4.63. The van der Waals surface area contributed by atoms with Crippen LogP contribution in [0.5, 0.6) is 0 Å². The van der Waals surface area contributed by atoms with E-state index in [9.17, 15) is 27.1 Å². The largest absolute Gasteiger partial charge is 0.479 e. The van der Waals surface area contributed by atoms with Crippen LogP contribution in [0.3, 0.4) is 0 Å². The van der Waals surface area contributed by atoms with Crippen LogP contribution in [0.25, 0.3) is 0 Å². The highest BCUT2D eigenvalue weighted by atomic mass is 35.5. The van der Waals surface area contributed by atoms with Crippen LogP contribution in [0, 0.1) is 11.6 Å². The van der Waals surface area contributed by atoms with Crippen molar-refractivity contribution in [2.75, 3.05) is 6.54 Å². The van der Waals surface area contributed by atoms with Gasteiger partial charge in [0.25, 0.3) is 0 Å². The van der Waals surface area contributed by atoms with E-state index in [1.54, 1.807) is 4.72 Å². The maximum Gasteiger partial charge on any atom is 0.336 e. The van der Waals surface area contributed by atoms with Gasteiger partial charge in [-0.15, -0.1) is 0 Å². The van der Waals surface area contributed by atoms with Gasteiger partial charge in [0, 0.05) is 0 Å². The first kappa shape index (κ1) is 16.8. The molecule has 0 spiro atoms. The Balaban J connectivity index is 3.14. The van der Waals surface area contributed by atoms with E-state index < -0.39 is 49.7 Å². The summed E-state index contributed by atoms with van der Waals surface area (Å²) in [6, 6.07) is 1.48. The smallest absolute Gasteiger partial charge is 0.336 e. The van der Waals surface area contributed by atoms with E-state index in [2.05, 4.69) is 0 Å². The fourth-order valence-electron chi connectivity index (χ4n) is 1.14. The van der Waals surface area contributed by atoms with Crippen molar-refractivity contribution in [3.05, 3.63) is 28.8 Å². The topological polar surface area (TPSA) is 104 Å². The zero-order valence-electron chi connectivity index (χ0n) is 10.0. The predicted octanol–water partition coefficient (Wildman–Crippen LogP) is 0.732. The van der Waals surface area contributed by atoms with Crippen LogP contribution < -0.4 is 4.72 Å². The molecule has 1 rings (SSSR count). The molecule has 10 heteroatoms. The van der Waals surface area contributed by atoms with Crippen molar-refractivity contribution in [3.8, 4) is 0 Å². The molecule has 112 valence electrons. The van der Waals surface area contributed by atoms with Crippen molar-refractivity contribution in [3.63, 3.8) is 0 Å². The van der Waals surface area contributed by atoms with Crippen molar-refractivity contribution in [1.82, 2.24) is 4.72 Å². The first-order valence-electron chi connectivity index (χ1n) is 5.08. The van der Waals surface area contributed by atoms with E-state index in [1.165, 1.54) is 0 Å². The van der Waals surface area contributed by atoms with Gasteiger partial charge in [0.2, 0.25) is 10.0 Å². The Morgan fingerprint density at radius 2 is 2.00 bits per heavy atom. The standard InChI is InChI=1S/C10H10ClF2NO5S/c1-10(17,9(15)16)4-14-20(18,19)8-5(11)2-3-6(12)7(8)13/h2-3,14,17H,4H2,1H3,(H,15,16). The monoisotopic (exact) mass is 329 g/mol. The molecular weight excluding hydrogens is 320 g/mol. The van der Waals surface area contributed by atoms with Crippen LogP contribution >= 0.6 is 11.6 Å². The molecular formula is C10H10ClF2NO5S. The van der Waals surface area contributed by atoms with Crippen molar-refractivity contribution in [2.24, 2.45) is 0 Å². The number of rotatable bonds is 5. The van der Waals surface area contributed by atoms with Gasteiger partial charge in [0.15, 0.2) is 17.2 Å². The normalized spacial score (nSPS) is 14.8. The maximum atomic E-state index is 13.5. The summed E-state index contributed by atoms with van der Waals surface area (Å²) in [4.78, 5) is 9.47. The molecule has 0 aromatic heterocycles. The number of carboxylic acid groups (broad SMARTS) is 1. The molecule has 1 atom stereocenters. The summed E-state index contributed by atoms with van der Waals surface area (Å²) in [6.45, 7) is -0.113. The third-order valence-electron chi connectivity index (χ3n) is 2.34. The van der Waals surface area contributed by atoms with Crippen molar-refractivity contribution in [1.29, 1.82) is 0 Å². The average Bonchev–Trinajstić information content (AvgIpc) is 2.32. The van der Waals surface area contributed by atoms with Crippen molar-refractivity contribution in [2.45, 2.75) is 17.4 Å². The molecule has 6 nitrogen and oxygen atoms in total. The molecule has 0 heterocycles. The van der Waals surface area contributed by atoms with Gasteiger partial charge in [-0.25, -0.2) is 26.7 Å². The number of carboxylic acids is 1. The third-order valence-corrected chi connectivity index (χ3v) is 4.23. The predicted molar refractivity (Wildman–Crippen MR) is 64.8 cm³/mol. The quantitative estimate of drug-likeness (QED) is 0.691. The summed E-state index contributed by atoms with van der Waals surface area (Å²) >= 11 is 5.49. The van der Waals surface area contributed by atoms with Gasteiger partial charge in [-0.3, -0.25) is 0 Å². The van der Waals surface area contributed by atoms with Crippen LogP contribution in [0.2, 0.25) is 5.02 Å². The number of benzene rings is 1. The van der Waals surface area contributed by atoms with Crippen LogP contribution in [0.15, 0.2) is 17.0 Å². The summed E-state index contributed by atoms with van der Waals surface area (Å²) in [5.74, 6) is -4.81. The second-order valence-electron chi connectivity index (χ2n) is 4.08. The first-order valence-corrected chi connectivity index (χ1v) is 6.94. The fraction of sp³-hybridized carbons (Fsp3) is 0.300. The minimum Gasteiger partial charge on any atom is -0.479 e. The summed E-state index contributed by atoms with van der Waals surface area (Å²) in [5, 5.41) is 17.4. The van der Waals surface area contributed by atoms with Crippen LogP contribution in [-0.2, 0) is 14.8 Å². The SMILES string of the molecule is CC(O)(CNS(=O)(=O)c1c(Cl)ccc(F)c1F)C(=O)O. The summed E-state index contributed by atoms with van der Waals surface area (Å²) in [7, 11) is -4.63. The van der Waals surface area contributed by atoms with Crippen LogP contribution in [0.4, 0.5) is 8.78 Å². The lowest BCUT2D eigenvalue weighted by atomic mass is 10.1. The van der Waals surface area contributed by atoms with Gasteiger partial charge in [-0.1, -0.05) is 11.6 Å². The number of hydrogen-bond acceptors (Lipinski definition) is 4. The molecule has 0 bridgehead atoms. The minimum absolute atomic E-state index is 0.577. The number of nitrogens with one attached hydrogen (secondary N) is 1. The van der Waals surface area contributed by atoms with Gasteiger partial charge in [0.05, 0.1) is 11.6 Å². The lowest BCUT2D eigenvalue weighted by molar-refractivity contribution is -0.155. The third kappa shape index (κ3) is 3.42. The number of halogens is 3. The second-order valence-corrected chi connectivity index (χ2v) is 6.19. The Kier molecular flexibility index (Phi) is 4.70. The van der Waals surface area contributed by atoms with Crippen molar-refractivity contribution >= 4 is 27.6 Å². The van der Waals surface area contributed by atoms with Crippen LogP contribution in [-0.4, -0.2) is 36.7 Å². The summed E-state index contributed by atoms with van der Waals surface area (Å²) in [5.41, 5.74) is -2.41. The molecule has 1 aromatic carbocycles. The molecule has 0 saturated carbocycles. The zero-order valence-corrected chi connectivity index (χ0v) is 11.6. The lowest BCUT2D eigenvalue weighted by Gasteiger charge is -2.18. The number of carbonyl (C=O) groups is 1. The molecule has 0 amide bonds. The molecule has 0 saturated heterocycles. The summed E-state index contributed by atoms with van der Waals surface area (Å²) < 4.78 is 51.7. The van der Waals surface area contributed by atoms with Crippen LogP contribution in [0.1, 0.15) is 6.92 Å². The van der Waals surface area contributed by atoms with E-state index in [0.29, 0.717) is 6.07 Å². The molecule has 0 aliphatic rings. The molecule has 1 unspecified atom stereocenters.